The van der Waals surface area contributed by atoms with E-state index in [1.807, 2.05) is 0 Å². The molecule has 1 heterocycles. The first-order valence-electron chi connectivity index (χ1n) is 6.41. The molecular formula is C13H15N3O4S. The number of anilines is 1. The number of carbonyl (C=O) groups excluding carboxylic acids is 2. The van der Waals surface area contributed by atoms with E-state index >= 15 is 0 Å². The third-order valence-corrected chi connectivity index (χ3v) is 4.31. The summed E-state index contributed by atoms with van der Waals surface area (Å²) in [7, 11) is 0. The highest BCUT2D eigenvalue weighted by atomic mass is 32.2. The molecule has 2 amide bonds. The standard InChI is InChI=1S/C13H15N3O4S/c1-8-2-3-9(16(19)20)6-10(8)15-12(17)7-11-13(18)14-4-5-21-11/h2-3,6,11H,4-5,7H2,1H3,(H,14,18)(H,15,17). The molecule has 1 fully saturated rings. The van der Waals surface area contributed by atoms with Crippen LogP contribution in [0.25, 0.3) is 0 Å². The lowest BCUT2D eigenvalue weighted by Crippen LogP contribution is -2.40. The molecule has 1 aromatic rings. The van der Waals surface area contributed by atoms with Crippen LogP contribution in [0.1, 0.15) is 12.0 Å². The summed E-state index contributed by atoms with van der Waals surface area (Å²) in [4.78, 5) is 33.8. The largest absolute Gasteiger partial charge is 0.354 e. The molecule has 0 aliphatic carbocycles. The molecule has 1 aliphatic heterocycles. The fourth-order valence-corrected chi connectivity index (χ4v) is 2.95. The summed E-state index contributed by atoms with van der Waals surface area (Å²) in [5, 5.41) is 15.7. The zero-order chi connectivity index (χ0) is 15.4. The Labute approximate surface area is 125 Å². The third-order valence-electron chi connectivity index (χ3n) is 3.09. The number of amides is 2. The van der Waals surface area contributed by atoms with Crippen molar-refractivity contribution in [3.05, 3.63) is 33.9 Å². The molecule has 8 heteroatoms. The first-order chi connectivity index (χ1) is 9.97. The van der Waals surface area contributed by atoms with Crippen molar-refractivity contribution >= 4 is 35.0 Å². The zero-order valence-corrected chi connectivity index (χ0v) is 12.2. The van der Waals surface area contributed by atoms with Gasteiger partial charge in [0.05, 0.1) is 15.9 Å². The Hall–Kier alpha value is -2.09. The minimum Gasteiger partial charge on any atom is -0.354 e. The highest BCUT2D eigenvalue weighted by molar-refractivity contribution is 8.00. The van der Waals surface area contributed by atoms with Crippen LogP contribution in [0, 0.1) is 17.0 Å². The maximum Gasteiger partial charge on any atom is 0.271 e. The molecule has 0 bridgehead atoms. The van der Waals surface area contributed by atoms with Crippen molar-refractivity contribution in [3.63, 3.8) is 0 Å². The molecule has 1 aliphatic rings. The molecule has 0 radical (unpaired) electrons. The van der Waals surface area contributed by atoms with Crippen molar-refractivity contribution in [1.82, 2.24) is 5.32 Å². The number of carbonyl (C=O) groups is 2. The van der Waals surface area contributed by atoms with Crippen LogP contribution in [-0.2, 0) is 9.59 Å². The molecule has 21 heavy (non-hydrogen) atoms. The normalized spacial score (nSPS) is 18.0. The Kier molecular flexibility index (Phi) is 4.79. The summed E-state index contributed by atoms with van der Waals surface area (Å²) in [6.45, 7) is 2.37. The minimum atomic E-state index is -0.514. The number of nitro groups is 1. The molecular weight excluding hydrogens is 294 g/mol. The van der Waals surface area contributed by atoms with Crippen molar-refractivity contribution in [2.75, 3.05) is 17.6 Å². The first-order valence-corrected chi connectivity index (χ1v) is 7.46. The van der Waals surface area contributed by atoms with Crippen LogP contribution < -0.4 is 10.6 Å². The predicted octanol–water partition coefficient (Wildman–Crippen LogP) is 1.46. The van der Waals surface area contributed by atoms with E-state index in [4.69, 9.17) is 0 Å². The van der Waals surface area contributed by atoms with Gasteiger partial charge < -0.3 is 10.6 Å². The number of nitrogens with zero attached hydrogens (tertiary/aromatic N) is 1. The fraction of sp³-hybridized carbons (Fsp3) is 0.385. The number of nitro benzene ring substituents is 1. The Morgan fingerprint density at radius 1 is 1.57 bits per heavy atom. The number of rotatable bonds is 4. The Balaban J connectivity index is 2.03. The number of hydrogen-bond donors (Lipinski definition) is 2. The van der Waals surface area contributed by atoms with Gasteiger partial charge in [-0.25, -0.2) is 0 Å². The summed E-state index contributed by atoms with van der Waals surface area (Å²) >= 11 is 1.44. The van der Waals surface area contributed by atoms with Crippen LogP contribution in [0.3, 0.4) is 0 Å². The van der Waals surface area contributed by atoms with Gasteiger partial charge in [-0.1, -0.05) is 6.07 Å². The first kappa shape index (κ1) is 15.3. The van der Waals surface area contributed by atoms with Crippen LogP contribution >= 0.6 is 11.8 Å². The van der Waals surface area contributed by atoms with E-state index < -0.39 is 10.2 Å². The van der Waals surface area contributed by atoms with E-state index in [0.717, 1.165) is 11.3 Å². The number of aryl methyl sites for hydroxylation is 1. The van der Waals surface area contributed by atoms with Gasteiger partial charge in [0.2, 0.25) is 11.8 Å². The Morgan fingerprint density at radius 2 is 2.33 bits per heavy atom. The highest BCUT2D eigenvalue weighted by Gasteiger charge is 2.25. The summed E-state index contributed by atoms with van der Waals surface area (Å²) in [5.41, 5.74) is 1.05. The van der Waals surface area contributed by atoms with Crippen LogP contribution in [0.2, 0.25) is 0 Å². The molecule has 1 unspecified atom stereocenters. The van der Waals surface area contributed by atoms with Gasteiger partial charge in [-0.15, -0.1) is 11.8 Å². The summed E-state index contributed by atoms with van der Waals surface area (Å²) < 4.78 is 0. The Morgan fingerprint density at radius 3 is 3.00 bits per heavy atom. The molecule has 7 nitrogen and oxygen atoms in total. The molecule has 0 aromatic heterocycles. The lowest BCUT2D eigenvalue weighted by Gasteiger charge is -2.21. The minimum absolute atomic E-state index is 0.0542. The predicted molar refractivity (Wildman–Crippen MR) is 80.3 cm³/mol. The van der Waals surface area contributed by atoms with E-state index in [-0.39, 0.29) is 23.9 Å². The average molecular weight is 309 g/mol. The van der Waals surface area contributed by atoms with E-state index in [1.165, 1.54) is 23.9 Å². The molecule has 1 atom stereocenters. The topological polar surface area (TPSA) is 101 Å². The van der Waals surface area contributed by atoms with Crippen LogP contribution in [0.4, 0.5) is 11.4 Å². The van der Waals surface area contributed by atoms with Crippen LogP contribution in [0.5, 0.6) is 0 Å². The lowest BCUT2D eigenvalue weighted by molar-refractivity contribution is -0.384. The smallest absolute Gasteiger partial charge is 0.271 e. The maximum atomic E-state index is 12.0. The van der Waals surface area contributed by atoms with Crippen molar-refractivity contribution in [2.45, 2.75) is 18.6 Å². The van der Waals surface area contributed by atoms with Gasteiger partial charge in [0, 0.05) is 30.9 Å². The molecule has 2 rings (SSSR count). The summed E-state index contributed by atoms with van der Waals surface area (Å²) in [6, 6.07) is 4.28. The van der Waals surface area contributed by atoms with Crippen molar-refractivity contribution < 1.29 is 14.5 Å². The molecule has 2 N–H and O–H groups in total. The second-order valence-corrected chi connectivity index (χ2v) is 5.97. The van der Waals surface area contributed by atoms with E-state index in [1.54, 1.807) is 13.0 Å². The van der Waals surface area contributed by atoms with Gasteiger partial charge in [-0.05, 0) is 12.5 Å². The second-order valence-electron chi connectivity index (χ2n) is 4.66. The fourth-order valence-electron chi connectivity index (χ4n) is 1.94. The van der Waals surface area contributed by atoms with Gasteiger partial charge >= 0.3 is 0 Å². The van der Waals surface area contributed by atoms with E-state index in [0.29, 0.717) is 12.2 Å². The van der Waals surface area contributed by atoms with Crippen molar-refractivity contribution in [2.24, 2.45) is 0 Å². The highest BCUT2D eigenvalue weighted by Crippen LogP contribution is 2.23. The molecule has 0 saturated carbocycles. The number of hydrogen-bond acceptors (Lipinski definition) is 5. The summed E-state index contributed by atoms with van der Waals surface area (Å²) in [5.74, 6) is 0.310. The third kappa shape index (κ3) is 3.94. The molecule has 0 spiro atoms. The monoisotopic (exact) mass is 309 g/mol. The van der Waals surface area contributed by atoms with Gasteiger partial charge in [-0.2, -0.15) is 0 Å². The number of non-ortho nitro benzene ring substituents is 1. The van der Waals surface area contributed by atoms with E-state index in [9.17, 15) is 19.7 Å². The van der Waals surface area contributed by atoms with Crippen molar-refractivity contribution in [1.29, 1.82) is 0 Å². The number of nitrogens with one attached hydrogen (secondary N) is 2. The maximum absolute atomic E-state index is 12.0. The SMILES string of the molecule is Cc1ccc([N+](=O)[O-])cc1NC(=O)CC1SCCNC1=O. The average Bonchev–Trinajstić information content (AvgIpc) is 2.43. The molecule has 112 valence electrons. The summed E-state index contributed by atoms with van der Waals surface area (Å²) in [6.07, 6.45) is 0.0542. The number of benzene rings is 1. The van der Waals surface area contributed by atoms with Crippen molar-refractivity contribution in [3.8, 4) is 0 Å². The van der Waals surface area contributed by atoms with E-state index in [2.05, 4.69) is 10.6 Å². The second kappa shape index (κ2) is 6.57. The quantitative estimate of drug-likeness (QED) is 0.647. The van der Waals surface area contributed by atoms with Gasteiger partial charge in [-0.3, -0.25) is 19.7 Å². The van der Waals surface area contributed by atoms with Gasteiger partial charge in [0.1, 0.15) is 0 Å². The van der Waals surface area contributed by atoms with Gasteiger partial charge in [0.15, 0.2) is 0 Å². The van der Waals surface area contributed by atoms with Crippen LogP contribution in [0.15, 0.2) is 18.2 Å². The van der Waals surface area contributed by atoms with Crippen LogP contribution in [-0.4, -0.2) is 34.3 Å². The zero-order valence-electron chi connectivity index (χ0n) is 11.4. The lowest BCUT2D eigenvalue weighted by atomic mass is 10.1. The molecule has 1 aromatic carbocycles. The van der Waals surface area contributed by atoms with Gasteiger partial charge in [0.25, 0.3) is 5.69 Å². The Bertz CT molecular complexity index is 591. The molecule has 1 saturated heterocycles. The number of thioether (sulfide) groups is 1.